The van der Waals surface area contributed by atoms with Gasteiger partial charge in [-0.3, -0.25) is 4.79 Å². The summed E-state index contributed by atoms with van der Waals surface area (Å²) in [4.78, 5) is 11.7. The first-order valence-corrected chi connectivity index (χ1v) is 7.15. The van der Waals surface area contributed by atoms with Crippen LogP contribution in [0.3, 0.4) is 0 Å². The zero-order valence-electron chi connectivity index (χ0n) is 12.7. The first-order valence-electron chi connectivity index (χ1n) is 7.15. The van der Waals surface area contributed by atoms with Crippen molar-refractivity contribution in [3.05, 3.63) is 54.1 Å². The number of hydrazone groups is 1. The molecule has 0 bridgehead atoms. The highest BCUT2D eigenvalue weighted by Gasteiger charge is 2.06. The van der Waals surface area contributed by atoms with Gasteiger partial charge in [0, 0.05) is 5.56 Å². The van der Waals surface area contributed by atoms with Crippen molar-refractivity contribution < 1.29 is 19.4 Å². The summed E-state index contributed by atoms with van der Waals surface area (Å²) in [6.45, 7) is 2.19. The molecule has 0 aromatic heterocycles. The van der Waals surface area contributed by atoms with Gasteiger partial charge in [-0.05, 0) is 31.2 Å². The molecule has 2 aromatic carbocycles. The number of carbonyl (C=O) groups excluding carboxylic acids is 1. The summed E-state index contributed by atoms with van der Waals surface area (Å²) in [5, 5.41) is 13.3. The number of phenolic OH excluding ortho intramolecular Hbond substituents is 1. The molecule has 2 rings (SSSR count). The van der Waals surface area contributed by atoms with E-state index in [0.717, 1.165) is 0 Å². The van der Waals surface area contributed by atoms with Crippen molar-refractivity contribution in [3.8, 4) is 17.2 Å². The lowest BCUT2D eigenvalue weighted by molar-refractivity contribution is -0.123. The molecule has 0 aliphatic carbocycles. The minimum atomic E-state index is -0.414. The Bertz CT molecular complexity index is 686. The summed E-state index contributed by atoms with van der Waals surface area (Å²) < 4.78 is 10.8. The fourth-order valence-corrected chi connectivity index (χ4v) is 1.79. The van der Waals surface area contributed by atoms with Crippen LogP contribution >= 0.6 is 0 Å². The average molecular weight is 314 g/mol. The SMILES string of the molecule is CCOc1ccccc1OCC(=O)NN=Cc1ccccc1O. The first kappa shape index (κ1) is 16.4. The van der Waals surface area contributed by atoms with Crippen molar-refractivity contribution in [2.45, 2.75) is 6.92 Å². The molecular weight excluding hydrogens is 296 g/mol. The summed E-state index contributed by atoms with van der Waals surface area (Å²) in [7, 11) is 0. The number of nitrogens with one attached hydrogen (secondary N) is 1. The summed E-state index contributed by atoms with van der Waals surface area (Å²) >= 11 is 0. The van der Waals surface area contributed by atoms with Crippen molar-refractivity contribution in [2.75, 3.05) is 13.2 Å². The molecule has 0 saturated carbocycles. The van der Waals surface area contributed by atoms with Gasteiger partial charge in [-0.25, -0.2) is 5.43 Å². The predicted octanol–water partition coefficient (Wildman–Crippen LogP) is 2.32. The van der Waals surface area contributed by atoms with E-state index >= 15 is 0 Å². The molecule has 0 spiro atoms. The average Bonchev–Trinajstić information content (AvgIpc) is 2.56. The van der Waals surface area contributed by atoms with Gasteiger partial charge in [0.15, 0.2) is 18.1 Å². The molecule has 0 radical (unpaired) electrons. The highest BCUT2D eigenvalue weighted by atomic mass is 16.5. The zero-order chi connectivity index (χ0) is 16.5. The number of amides is 1. The van der Waals surface area contributed by atoms with Gasteiger partial charge in [-0.15, -0.1) is 0 Å². The summed E-state index contributed by atoms with van der Waals surface area (Å²) in [6.07, 6.45) is 1.36. The van der Waals surface area contributed by atoms with Gasteiger partial charge in [-0.2, -0.15) is 5.10 Å². The van der Waals surface area contributed by atoms with E-state index in [1.165, 1.54) is 12.3 Å². The number of benzene rings is 2. The molecule has 0 atom stereocenters. The van der Waals surface area contributed by atoms with E-state index in [1.54, 1.807) is 36.4 Å². The van der Waals surface area contributed by atoms with E-state index in [4.69, 9.17) is 9.47 Å². The van der Waals surface area contributed by atoms with Crippen LogP contribution in [0.2, 0.25) is 0 Å². The number of rotatable bonds is 7. The van der Waals surface area contributed by atoms with Crippen LogP contribution in [0.1, 0.15) is 12.5 Å². The highest BCUT2D eigenvalue weighted by Crippen LogP contribution is 2.26. The van der Waals surface area contributed by atoms with E-state index in [1.807, 2.05) is 13.0 Å². The van der Waals surface area contributed by atoms with Crippen LogP contribution in [0.4, 0.5) is 0 Å². The molecule has 0 aliphatic heterocycles. The Morgan fingerprint density at radius 2 is 1.78 bits per heavy atom. The van der Waals surface area contributed by atoms with E-state index in [9.17, 15) is 9.90 Å². The monoisotopic (exact) mass is 314 g/mol. The lowest BCUT2D eigenvalue weighted by Crippen LogP contribution is -2.24. The number of aromatic hydroxyl groups is 1. The largest absolute Gasteiger partial charge is 0.507 e. The molecule has 0 saturated heterocycles. The van der Waals surface area contributed by atoms with Crippen LogP contribution in [0.5, 0.6) is 17.2 Å². The van der Waals surface area contributed by atoms with Gasteiger partial charge in [0.25, 0.3) is 5.91 Å². The second-order valence-corrected chi connectivity index (χ2v) is 4.52. The summed E-state index contributed by atoms with van der Waals surface area (Å²) in [5.74, 6) is 0.755. The van der Waals surface area contributed by atoms with E-state index in [2.05, 4.69) is 10.5 Å². The Balaban J connectivity index is 1.85. The van der Waals surface area contributed by atoms with Crippen molar-refractivity contribution in [3.63, 3.8) is 0 Å². The molecule has 0 fully saturated rings. The third kappa shape index (κ3) is 5.03. The maximum absolute atomic E-state index is 11.7. The van der Waals surface area contributed by atoms with Crippen LogP contribution in [-0.2, 0) is 4.79 Å². The second-order valence-electron chi connectivity index (χ2n) is 4.52. The van der Waals surface area contributed by atoms with Crippen molar-refractivity contribution >= 4 is 12.1 Å². The van der Waals surface area contributed by atoms with E-state index in [0.29, 0.717) is 23.7 Å². The standard InChI is InChI=1S/C17H18N2O4/c1-2-22-15-9-5-6-10-16(15)23-12-17(21)19-18-11-13-7-3-4-8-14(13)20/h3-11,20H,2,12H2,1H3,(H,19,21). The number of nitrogens with zero attached hydrogens (tertiary/aromatic N) is 1. The number of carbonyl (C=O) groups is 1. The number of para-hydroxylation sites is 3. The second kappa shape index (κ2) is 8.43. The third-order valence-electron chi connectivity index (χ3n) is 2.84. The molecule has 0 heterocycles. The Morgan fingerprint density at radius 1 is 1.13 bits per heavy atom. The van der Waals surface area contributed by atoms with Crippen molar-refractivity contribution in [1.82, 2.24) is 5.43 Å². The van der Waals surface area contributed by atoms with Crippen LogP contribution in [0.25, 0.3) is 0 Å². The molecule has 2 N–H and O–H groups in total. The Kier molecular flexibility index (Phi) is 5.99. The minimum Gasteiger partial charge on any atom is -0.507 e. The summed E-state index contributed by atoms with van der Waals surface area (Å²) in [6, 6.07) is 13.8. The van der Waals surface area contributed by atoms with Gasteiger partial charge < -0.3 is 14.6 Å². The summed E-state index contributed by atoms with van der Waals surface area (Å²) in [5.41, 5.74) is 2.84. The Morgan fingerprint density at radius 3 is 2.48 bits per heavy atom. The van der Waals surface area contributed by atoms with Crippen molar-refractivity contribution in [2.24, 2.45) is 5.10 Å². The number of hydrogen-bond acceptors (Lipinski definition) is 5. The molecule has 6 heteroatoms. The molecule has 23 heavy (non-hydrogen) atoms. The molecule has 0 unspecified atom stereocenters. The number of ether oxygens (including phenoxy) is 2. The minimum absolute atomic E-state index is 0.0902. The molecule has 6 nitrogen and oxygen atoms in total. The fraction of sp³-hybridized carbons (Fsp3) is 0.176. The maximum Gasteiger partial charge on any atom is 0.277 e. The van der Waals surface area contributed by atoms with E-state index < -0.39 is 5.91 Å². The van der Waals surface area contributed by atoms with Gasteiger partial charge in [0.2, 0.25) is 0 Å². The topological polar surface area (TPSA) is 80.2 Å². The van der Waals surface area contributed by atoms with Gasteiger partial charge in [0.1, 0.15) is 5.75 Å². The fourth-order valence-electron chi connectivity index (χ4n) is 1.79. The van der Waals surface area contributed by atoms with E-state index in [-0.39, 0.29) is 12.4 Å². The Labute approximate surface area is 134 Å². The maximum atomic E-state index is 11.7. The van der Waals surface area contributed by atoms with Gasteiger partial charge >= 0.3 is 0 Å². The lowest BCUT2D eigenvalue weighted by Gasteiger charge is -2.10. The number of hydrogen-bond donors (Lipinski definition) is 2. The molecular formula is C17H18N2O4. The normalized spacial score (nSPS) is 10.5. The Hall–Kier alpha value is -3.02. The quantitative estimate of drug-likeness (QED) is 0.607. The lowest BCUT2D eigenvalue weighted by atomic mass is 10.2. The number of phenols is 1. The first-order chi connectivity index (χ1) is 11.2. The van der Waals surface area contributed by atoms with Crippen LogP contribution in [-0.4, -0.2) is 30.4 Å². The molecule has 1 amide bonds. The van der Waals surface area contributed by atoms with Gasteiger partial charge in [-0.1, -0.05) is 24.3 Å². The van der Waals surface area contributed by atoms with Gasteiger partial charge in [0.05, 0.1) is 12.8 Å². The molecule has 2 aromatic rings. The van der Waals surface area contributed by atoms with Crippen molar-refractivity contribution in [1.29, 1.82) is 0 Å². The van der Waals surface area contributed by atoms with Crippen LogP contribution < -0.4 is 14.9 Å². The predicted molar refractivity (Wildman–Crippen MR) is 86.9 cm³/mol. The zero-order valence-corrected chi connectivity index (χ0v) is 12.7. The third-order valence-corrected chi connectivity index (χ3v) is 2.84. The molecule has 120 valence electrons. The van der Waals surface area contributed by atoms with Crippen LogP contribution in [0, 0.1) is 0 Å². The van der Waals surface area contributed by atoms with Crippen LogP contribution in [0.15, 0.2) is 53.6 Å². The molecule has 0 aliphatic rings. The smallest absolute Gasteiger partial charge is 0.277 e. The highest BCUT2D eigenvalue weighted by molar-refractivity contribution is 5.85.